The van der Waals surface area contributed by atoms with Gasteiger partial charge in [-0.05, 0) is 35.8 Å². The first-order valence-electron chi connectivity index (χ1n) is 7.68. The average Bonchev–Trinajstić information content (AvgIpc) is 3.11. The van der Waals surface area contributed by atoms with E-state index in [4.69, 9.17) is 11.6 Å². The normalized spacial score (nSPS) is 21.7. The molecule has 4 nitrogen and oxygen atoms in total. The van der Waals surface area contributed by atoms with E-state index in [0.717, 1.165) is 16.9 Å². The van der Waals surface area contributed by atoms with Crippen LogP contribution >= 0.6 is 22.9 Å². The van der Waals surface area contributed by atoms with E-state index in [0.29, 0.717) is 23.5 Å². The van der Waals surface area contributed by atoms with Gasteiger partial charge < -0.3 is 5.32 Å². The summed E-state index contributed by atoms with van der Waals surface area (Å²) in [7, 11) is 0. The Hall–Kier alpha value is -1.33. The minimum absolute atomic E-state index is 0.0495. The van der Waals surface area contributed by atoms with Crippen molar-refractivity contribution in [1.29, 1.82) is 0 Å². The lowest BCUT2D eigenvalue weighted by atomic mass is 9.86. The van der Waals surface area contributed by atoms with Gasteiger partial charge in [0.05, 0.1) is 22.6 Å². The molecular formula is C16H20ClN3OS. The monoisotopic (exact) mass is 337 g/mol. The molecule has 118 valence electrons. The van der Waals surface area contributed by atoms with Crippen LogP contribution in [-0.2, 0) is 6.54 Å². The van der Waals surface area contributed by atoms with Gasteiger partial charge in [0.1, 0.15) is 0 Å². The fourth-order valence-electron chi connectivity index (χ4n) is 2.96. The highest BCUT2D eigenvalue weighted by atomic mass is 35.5. The smallest absolute Gasteiger partial charge is 0.261 e. The summed E-state index contributed by atoms with van der Waals surface area (Å²) in [4.78, 5) is 13.2. The maximum absolute atomic E-state index is 12.4. The highest BCUT2D eigenvalue weighted by Crippen LogP contribution is 2.24. The summed E-state index contributed by atoms with van der Waals surface area (Å²) in [5.41, 5.74) is 1.08. The van der Waals surface area contributed by atoms with E-state index in [2.05, 4.69) is 17.3 Å². The second-order valence-electron chi connectivity index (χ2n) is 6.02. The molecule has 1 aliphatic carbocycles. The lowest BCUT2D eigenvalue weighted by Gasteiger charge is -2.29. The number of carbonyl (C=O) groups is 1. The number of amides is 1. The molecule has 2 aromatic heterocycles. The second kappa shape index (κ2) is 6.84. The SMILES string of the molecule is CC1CCCCC1NC(=O)c1cc(Cn2cc(Cl)cn2)cs1. The summed E-state index contributed by atoms with van der Waals surface area (Å²) < 4.78 is 1.77. The Morgan fingerprint density at radius 3 is 3.05 bits per heavy atom. The number of halogens is 1. The van der Waals surface area contributed by atoms with Crippen LogP contribution in [-0.4, -0.2) is 21.7 Å². The van der Waals surface area contributed by atoms with Crippen LogP contribution in [0.5, 0.6) is 0 Å². The average molecular weight is 338 g/mol. The molecule has 2 atom stereocenters. The molecule has 0 radical (unpaired) electrons. The minimum atomic E-state index is 0.0495. The Morgan fingerprint density at radius 2 is 2.32 bits per heavy atom. The van der Waals surface area contributed by atoms with Crippen LogP contribution in [0.1, 0.15) is 47.8 Å². The third-order valence-corrected chi connectivity index (χ3v) is 5.42. The minimum Gasteiger partial charge on any atom is -0.348 e. The van der Waals surface area contributed by atoms with E-state index in [9.17, 15) is 4.79 Å². The first-order chi connectivity index (χ1) is 10.6. The molecule has 3 rings (SSSR count). The Labute approximate surface area is 139 Å². The first kappa shape index (κ1) is 15.6. The van der Waals surface area contributed by atoms with E-state index in [-0.39, 0.29) is 5.91 Å². The molecule has 0 saturated heterocycles. The van der Waals surface area contributed by atoms with Crippen LogP contribution in [0.3, 0.4) is 0 Å². The summed E-state index contributed by atoms with van der Waals surface area (Å²) >= 11 is 7.35. The molecule has 2 aromatic rings. The highest BCUT2D eigenvalue weighted by Gasteiger charge is 2.23. The molecule has 1 N–H and O–H groups in total. The molecule has 0 aliphatic heterocycles. The number of nitrogens with one attached hydrogen (secondary N) is 1. The van der Waals surface area contributed by atoms with Crippen LogP contribution in [0.2, 0.25) is 5.02 Å². The van der Waals surface area contributed by atoms with Crippen LogP contribution < -0.4 is 5.32 Å². The van der Waals surface area contributed by atoms with Gasteiger partial charge in [0.15, 0.2) is 0 Å². The topological polar surface area (TPSA) is 46.9 Å². The van der Waals surface area contributed by atoms with Gasteiger partial charge in [-0.15, -0.1) is 11.3 Å². The molecule has 1 amide bonds. The fourth-order valence-corrected chi connectivity index (χ4v) is 3.92. The van der Waals surface area contributed by atoms with Gasteiger partial charge in [-0.2, -0.15) is 5.10 Å². The van der Waals surface area contributed by atoms with Gasteiger partial charge in [-0.25, -0.2) is 0 Å². The van der Waals surface area contributed by atoms with Crippen molar-refractivity contribution in [3.63, 3.8) is 0 Å². The van der Waals surface area contributed by atoms with Gasteiger partial charge >= 0.3 is 0 Å². The molecule has 2 unspecified atom stereocenters. The number of hydrogen-bond donors (Lipinski definition) is 1. The first-order valence-corrected chi connectivity index (χ1v) is 8.94. The zero-order valence-electron chi connectivity index (χ0n) is 12.6. The molecule has 1 aliphatic rings. The van der Waals surface area contributed by atoms with Crippen molar-refractivity contribution in [3.8, 4) is 0 Å². The lowest BCUT2D eigenvalue weighted by molar-refractivity contribution is 0.0914. The van der Waals surface area contributed by atoms with Crippen molar-refractivity contribution in [2.45, 2.75) is 45.2 Å². The summed E-state index contributed by atoms with van der Waals surface area (Å²) in [5, 5.41) is 9.98. The van der Waals surface area contributed by atoms with Crippen LogP contribution in [0, 0.1) is 5.92 Å². The highest BCUT2D eigenvalue weighted by molar-refractivity contribution is 7.12. The molecule has 6 heteroatoms. The number of thiophene rings is 1. The van der Waals surface area contributed by atoms with E-state index in [1.807, 2.05) is 11.4 Å². The standard InChI is InChI=1S/C16H20ClN3OS/c1-11-4-2-3-5-14(11)19-16(21)15-6-12(10-22-15)8-20-9-13(17)7-18-20/h6-7,9-11,14H,2-5,8H2,1H3,(H,19,21). The summed E-state index contributed by atoms with van der Waals surface area (Å²) in [6.45, 7) is 2.86. The third kappa shape index (κ3) is 3.70. The fraction of sp³-hybridized carbons (Fsp3) is 0.500. The lowest BCUT2D eigenvalue weighted by Crippen LogP contribution is -2.40. The van der Waals surface area contributed by atoms with Crippen molar-refractivity contribution >= 4 is 28.8 Å². The van der Waals surface area contributed by atoms with Gasteiger partial charge in [0.25, 0.3) is 5.91 Å². The van der Waals surface area contributed by atoms with Crippen molar-refractivity contribution in [3.05, 3.63) is 39.3 Å². The van der Waals surface area contributed by atoms with Crippen molar-refractivity contribution in [2.24, 2.45) is 5.92 Å². The van der Waals surface area contributed by atoms with Crippen LogP contribution in [0.15, 0.2) is 23.8 Å². The summed E-state index contributed by atoms with van der Waals surface area (Å²) in [6, 6.07) is 2.26. The molecule has 0 bridgehead atoms. The second-order valence-corrected chi connectivity index (χ2v) is 7.36. The maximum Gasteiger partial charge on any atom is 0.261 e. The molecular weight excluding hydrogens is 318 g/mol. The predicted molar refractivity (Wildman–Crippen MR) is 89.5 cm³/mol. The number of carbonyl (C=O) groups excluding carboxylic acids is 1. The van der Waals surface area contributed by atoms with E-state index < -0.39 is 0 Å². The van der Waals surface area contributed by atoms with Gasteiger partial charge in [-0.3, -0.25) is 9.48 Å². The third-order valence-electron chi connectivity index (χ3n) is 4.25. The quantitative estimate of drug-likeness (QED) is 0.918. The predicted octanol–water partition coefficient (Wildman–Crippen LogP) is 3.95. The largest absolute Gasteiger partial charge is 0.348 e. The molecule has 2 heterocycles. The zero-order valence-corrected chi connectivity index (χ0v) is 14.2. The van der Waals surface area contributed by atoms with Crippen molar-refractivity contribution in [1.82, 2.24) is 15.1 Å². The molecule has 1 fully saturated rings. The number of hydrogen-bond acceptors (Lipinski definition) is 3. The number of nitrogens with zero attached hydrogens (tertiary/aromatic N) is 2. The van der Waals surface area contributed by atoms with Gasteiger partial charge in [0.2, 0.25) is 0 Å². The zero-order chi connectivity index (χ0) is 15.5. The number of rotatable bonds is 4. The van der Waals surface area contributed by atoms with Gasteiger partial charge in [-0.1, -0.05) is 31.4 Å². The molecule has 0 aromatic carbocycles. The van der Waals surface area contributed by atoms with E-state index in [1.54, 1.807) is 17.1 Å². The van der Waals surface area contributed by atoms with Crippen molar-refractivity contribution in [2.75, 3.05) is 0 Å². The Morgan fingerprint density at radius 1 is 1.50 bits per heavy atom. The van der Waals surface area contributed by atoms with E-state index in [1.165, 1.54) is 30.6 Å². The number of aromatic nitrogens is 2. The molecule has 22 heavy (non-hydrogen) atoms. The summed E-state index contributed by atoms with van der Waals surface area (Å²) in [6.07, 6.45) is 8.19. The summed E-state index contributed by atoms with van der Waals surface area (Å²) in [5.74, 6) is 0.622. The Bertz CT molecular complexity index is 651. The van der Waals surface area contributed by atoms with Gasteiger partial charge in [0, 0.05) is 12.2 Å². The van der Waals surface area contributed by atoms with Crippen LogP contribution in [0.4, 0.5) is 0 Å². The van der Waals surface area contributed by atoms with Crippen LogP contribution in [0.25, 0.3) is 0 Å². The Kier molecular flexibility index (Phi) is 4.84. The van der Waals surface area contributed by atoms with Crippen molar-refractivity contribution < 1.29 is 4.79 Å². The Balaban J connectivity index is 1.61. The maximum atomic E-state index is 12.4. The molecule has 1 saturated carbocycles. The molecule has 0 spiro atoms. The van der Waals surface area contributed by atoms with E-state index >= 15 is 0 Å².